The predicted octanol–water partition coefficient (Wildman–Crippen LogP) is 8.95. The van der Waals surface area contributed by atoms with Crippen LogP contribution in [0.2, 0.25) is 0 Å². The number of carbonyl (C=O) groups is 2. The van der Waals surface area contributed by atoms with Gasteiger partial charge in [-0.25, -0.2) is 4.79 Å². The van der Waals surface area contributed by atoms with Crippen molar-refractivity contribution in [2.45, 2.75) is 85.0 Å². The summed E-state index contributed by atoms with van der Waals surface area (Å²) in [6.07, 6.45) is 11.8. The second-order valence-electron chi connectivity index (χ2n) is 10.8. The minimum absolute atomic E-state index is 0.165. The third-order valence-electron chi connectivity index (χ3n) is 7.62. The molecule has 3 aromatic carbocycles. The lowest BCUT2D eigenvalue weighted by Gasteiger charge is -2.10. The van der Waals surface area contributed by atoms with Gasteiger partial charge in [0.2, 0.25) is 0 Å². The number of esters is 2. The second-order valence-corrected chi connectivity index (χ2v) is 10.8. The van der Waals surface area contributed by atoms with Crippen LogP contribution >= 0.6 is 0 Å². The van der Waals surface area contributed by atoms with Gasteiger partial charge in [0.05, 0.1) is 18.1 Å². The number of carbonyl (C=O) groups excluding carboxylic acids is 2. The summed E-state index contributed by atoms with van der Waals surface area (Å²) in [4.78, 5) is 24.8. The van der Waals surface area contributed by atoms with Crippen molar-refractivity contribution >= 4 is 11.9 Å². The van der Waals surface area contributed by atoms with E-state index in [9.17, 15) is 9.59 Å². The Balaban J connectivity index is 1.27. The van der Waals surface area contributed by atoms with E-state index in [1.54, 1.807) is 24.3 Å². The van der Waals surface area contributed by atoms with E-state index in [-0.39, 0.29) is 11.9 Å². The monoisotopic (exact) mass is 542 g/mol. The molecule has 0 N–H and O–H groups in total. The highest BCUT2D eigenvalue weighted by atomic mass is 16.5. The van der Waals surface area contributed by atoms with Crippen LogP contribution in [0.25, 0.3) is 11.1 Å². The molecule has 3 aromatic rings. The Kier molecular flexibility index (Phi) is 10.8. The third-order valence-corrected chi connectivity index (χ3v) is 7.62. The molecule has 40 heavy (non-hydrogen) atoms. The average molecular weight is 543 g/mol. The van der Waals surface area contributed by atoms with Crippen molar-refractivity contribution in [1.29, 1.82) is 0 Å². The highest BCUT2D eigenvalue weighted by Gasteiger charge is 2.21. The summed E-state index contributed by atoms with van der Waals surface area (Å²) < 4.78 is 17.0. The van der Waals surface area contributed by atoms with Crippen LogP contribution in [0.3, 0.4) is 0 Å². The van der Waals surface area contributed by atoms with Crippen LogP contribution in [0.15, 0.2) is 60.7 Å². The molecule has 0 heterocycles. The topological polar surface area (TPSA) is 61.8 Å². The number of fused-ring (bicyclic) bond motifs is 3. The van der Waals surface area contributed by atoms with Crippen LogP contribution in [0.5, 0.6) is 17.2 Å². The summed E-state index contributed by atoms with van der Waals surface area (Å²) in [6, 6.07) is 18.6. The van der Waals surface area contributed by atoms with E-state index in [1.807, 2.05) is 38.1 Å². The van der Waals surface area contributed by atoms with Crippen LogP contribution in [0, 0.1) is 5.92 Å². The zero-order valence-electron chi connectivity index (χ0n) is 24.2. The van der Waals surface area contributed by atoms with E-state index in [0.717, 1.165) is 36.3 Å². The van der Waals surface area contributed by atoms with Gasteiger partial charge in [-0.2, -0.15) is 0 Å². The number of unbranched alkanes of at least 4 members (excludes halogenated alkanes) is 7. The van der Waals surface area contributed by atoms with Crippen LogP contribution < -0.4 is 14.2 Å². The quantitative estimate of drug-likeness (QED) is 0.0852. The smallest absolute Gasteiger partial charge is 0.343 e. The first-order valence-corrected chi connectivity index (χ1v) is 14.9. The number of hydrogen-bond acceptors (Lipinski definition) is 5. The molecule has 0 amide bonds. The fourth-order valence-electron chi connectivity index (χ4n) is 4.95. The molecule has 0 bridgehead atoms. The molecule has 0 saturated carbocycles. The van der Waals surface area contributed by atoms with Crippen molar-refractivity contribution in [3.8, 4) is 28.4 Å². The minimum Gasteiger partial charge on any atom is -0.494 e. The fraction of sp³-hybridized carbons (Fsp3) is 0.429. The first-order valence-electron chi connectivity index (χ1n) is 14.9. The summed E-state index contributed by atoms with van der Waals surface area (Å²) in [7, 11) is 0. The van der Waals surface area contributed by atoms with E-state index in [4.69, 9.17) is 14.2 Å². The van der Waals surface area contributed by atoms with Crippen molar-refractivity contribution in [2.75, 3.05) is 6.61 Å². The lowest BCUT2D eigenvalue weighted by Crippen LogP contribution is -2.16. The summed E-state index contributed by atoms with van der Waals surface area (Å²) in [6.45, 7) is 6.77. The maximum absolute atomic E-state index is 12.9. The Labute approximate surface area is 238 Å². The molecule has 1 aliphatic carbocycles. The Morgan fingerprint density at radius 1 is 0.700 bits per heavy atom. The van der Waals surface area contributed by atoms with Gasteiger partial charge in [0.1, 0.15) is 17.2 Å². The molecule has 212 valence electrons. The highest BCUT2D eigenvalue weighted by Crippen LogP contribution is 2.39. The van der Waals surface area contributed by atoms with Crippen molar-refractivity contribution in [3.63, 3.8) is 0 Å². The van der Waals surface area contributed by atoms with Crippen molar-refractivity contribution in [3.05, 3.63) is 77.4 Å². The summed E-state index contributed by atoms with van der Waals surface area (Å²) in [5.74, 6) is 0.887. The Morgan fingerprint density at radius 2 is 1.27 bits per heavy atom. The maximum Gasteiger partial charge on any atom is 0.343 e. The maximum atomic E-state index is 12.9. The van der Waals surface area contributed by atoms with Gasteiger partial charge < -0.3 is 14.2 Å². The van der Waals surface area contributed by atoms with E-state index < -0.39 is 5.97 Å². The molecule has 0 radical (unpaired) electrons. The van der Waals surface area contributed by atoms with Crippen molar-refractivity contribution in [1.82, 2.24) is 0 Å². The van der Waals surface area contributed by atoms with Crippen LogP contribution in [0.1, 0.15) is 100 Å². The fourth-order valence-corrected chi connectivity index (χ4v) is 4.95. The predicted molar refractivity (Wildman–Crippen MR) is 159 cm³/mol. The molecule has 0 aromatic heterocycles. The van der Waals surface area contributed by atoms with Crippen LogP contribution in [0.4, 0.5) is 0 Å². The Hall–Kier alpha value is -3.60. The molecular weight excluding hydrogens is 500 g/mol. The molecule has 1 aliphatic rings. The molecule has 0 fully saturated rings. The van der Waals surface area contributed by atoms with Gasteiger partial charge in [-0.3, -0.25) is 4.79 Å². The molecule has 0 saturated heterocycles. The van der Waals surface area contributed by atoms with Gasteiger partial charge in [0.15, 0.2) is 0 Å². The Morgan fingerprint density at radius 3 is 1.95 bits per heavy atom. The van der Waals surface area contributed by atoms with Crippen molar-refractivity contribution in [2.24, 2.45) is 5.92 Å². The Bertz CT molecular complexity index is 1280. The first kappa shape index (κ1) is 29.4. The molecule has 1 atom stereocenters. The van der Waals surface area contributed by atoms with E-state index in [0.29, 0.717) is 23.5 Å². The van der Waals surface area contributed by atoms with Gasteiger partial charge in [-0.15, -0.1) is 0 Å². The lowest BCUT2D eigenvalue weighted by atomic mass is 10.0. The van der Waals surface area contributed by atoms with E-state index in [2.05, 4.69) is 19.1 Å². The summed E-state index contributed by atoms with van der Waals surface area (Å²) >= 11 is 0. The summed E-state index contributed by atoms with van der Waals surface area (Å²) in [5.41, 5.74) is 5.17. The van der Waals surface area contributed by atoms with Crippen molar-refractivity contribution < 1.29 is 23.8 Å². The van der Waals surface area contributed by atoms with Gasteiger partial charge in [0, 0.05) is 0 Å². The summed E-state index contributed by atoms with van der Waals surface area (Å²) in [5, 5.41) is 0. The van der Waals surface area contributed by atoms with Gasteiger partial charge >= 0.3 is 11.9 Å². The molecule has 5 heteroatoms. The third kappa shape index (κ3) is 7.97. The van der Waals surface area contributed by atoms with Gasteiger partial charge in [-0.05, 0) is 90.0 Å². The average Bonchev–Trinajstić information content (AvgIpc) is 3.33. The zero-order valence-corrected chi connectivity index (χ0v) is 24.2. The van der Waals surface area contributed by atoms with E-state index in [1.165, 1.54) is 56.1 Å². The van der Waals surface area contributed by atoms with Gasteiger partial charge in [-0.1, -0.05) is 77.8 Å². The number of ether oxygens (including phenoxy) is 3. The van der Waals surface area contributed by atoms with Crippen LogP contribution in [-0.4, -0.2) is 18.5 Å². The highest BCUT2D eigenvalue weighted by molar-refractivity contribution is 5.93. The lowest BCUT2D eigenvalue weighted by molar-refractivity contribution is -0.138. The standard InChI is InChI=1S/C35H42O5/c1-4-6-7-8-9-10-11-12-21-38-31-18-20-33-28(24-31)23-27-22-26(13-19-32(27)33)35(37)40-30-16-14-29(15-17-30)39-34(36)25(3)5-2/h13-20,22,24-25H,4-12,21,23H2,1-3H3. The number of hydrogen-bond donors (Lipinski definition) is 0. The minimum atomic E-state index is -0.419. The van der Waals surface area contributed by atoms with Gasteiger partial charge in [0.25, 0.3) is 0 Å². The van der Waals surface area contributed by atoms with E-state index >= 15 is 0 Å². The molecule has 1 unspecified atom stereocenters. The number of rotatable bonds is 15. The second kappa shape index (κ2) is 14.7. The zero-order chi connectivity index (χ0) is 28.3. The largest absolute Gasteiger partial charge is 0.494 e. The SMILES string of the molecule is CCCCCCCCCCOc1ccc2c(c1)Cc1cc(C(=O)Oc3ccc(OC(=O)C(C)CC)cc3)ccc1-2. The molecular formula is C35H42O5. The molecule has 0 spiro atoms. The molecule has 5 nitrogen and oxygen atoms in total. The normalized spacial score (nSPS) is 12.4. The molecule has 0 aliphatic heterocycles. The number of benzene rings is 3. The van der Waals surface area contributed by atoms with Crippen LogP contribution in [-0.2, 0) is 11.2 Å². The first-order chi connectivity index (χ1) is 19.5. The molecule has 4 rings (SSSR count).